The Morgan fingerprint density at radius 2 is 2.05 bits per heavy atom. The number of hydrogen-bond acceptors (Lipinski definition) is 3. The fraction of sp³-hybridized carbons (Fsp3) is 0.250. The summed E-state index contributed by atoms with van der Waals surface area (Å²) in [5.74, 6) is -0.436. The quantitative estimate of drug-likeness (QED) is 0.923. The zero-order valence-electron chi connectivity index (χ0n) is 11.4. The molecule has 1 unspecified atom stereocenters. The van der Waals surface area contributed by atoms with E-state index in [1.54, 1.807) is 23.1 Å². The van der Waals surface area contributed by atoms with E-state index >= 15 is 0 Å². The molecule has 0 saturated carbocycles. The largest absolute Gasteiger partial charge is 0.505 e. The Morgan fingerprint density at radius 1 is 1.29 bits per heavy atom. The number of benzene rings is 1. The van der Waals surface area contributed by atoms with Crippen LogP contribution in [-0.4, -0.2) is 34.0 Å². The van der Waals surface area contributed by atoms with E-state index in [9.17, 15) is 14.3 Å². The van der Waals surface area contributed by atoms with Crippen molar-refractivity contribution in [3.05, 3.63) is 59.7 Å². The summed E-state index contributed by atoms with van der Waals surface area (Å²) in [5, 5.41) is 9.70. The van der Waals surface area contributed by atoms with Gasteiger partial charge < -0.3 is 10.0 Å². The second-order valence-corrected chi connectivity index (χ2v) is 5.16. The molecule has 2 aromatic rings. The number of pyridine rings is 1. The van der Waals surface area contributed by atoms with Gasteiger partial charge in [-0.25, -0.2) is 9.37 Å². The third-order valence-electron chi connectivity index (χ3n) is 3.81. The van der Waals surface area contributed by atoms with Crippen LogP contribution in [0.2, 0.25) is 0 Å². The number of aromatic hydroxyl groups is 1. The molecule has 1 aliphatic heterocycles. The van der Waals surface area contributed by atoms with Crippen molar-refractivity contribution in [1.29, 1.82) is 0 Å². The molecule has 1 aromatic heterocycles. The Balaban J connectivity index is 1.74. The van der Waals surface area contributed by atoms with Crippen LogP contribution in [0.25, 0.3) is 0 Å². The Hall–Kier alpha value is -2.43. The third kappa shape index (κ3) is 2.72. The first-order valence-electron chi connectivity index (χ1n) is 6.84. The van der Waals surface area contributed by atoms with Crippen molar-refractivity contribution in [3.8, 4) is 5.75 Å². The smallest absolute Gasteiger partial charge is 0.276 e. The number of carbonyl (C=O) groups is 1. The molecular formula is C16H15FN2O2. The normalized spacial score (nSPS) is 18.0. The summed E-state index contributed by atoms with van der Waals surface area (Å²) in [6, 6.07) is 9.42. The van der Waals surface area contributed by atoms with Gasteiger partial charge in [-0.1, -0.05) is 12.1 Å². The minimum Gasteiger partial charge on any atom is -0.505 e. The lowest BCUT2D eigenvalue weighted by atomic mass is 9.99. The SMILES string of the molecule is O=C(c1ncccc1O)N1CCC(c2ccc(F)cc2)C1. The van der Waals surface area contributed by atoms with Gasteiger partial charge in [0.15, 0.2) is 5.69 Å². The van der Waals surface area contributed by atoms with Crippen LogP contribution >= 0.6 is 0 Å². The molecule has 5 heteroatoms. The molecule has 2 heterocycles. The van der Waals surface area contributed by atoms with Gasteiger partial charge in [-0.15, -0.1) is 0 Å². The van der Waals surface area contributed by atoms with E-state index in [0.29, 0.717) is 13.1 Å². The third-order valence-corrected chi connectivity index (χ3v) is 3.81. The molecule has 1 fully saturated rings. The number of halogens is 1. The second-order valence-electron chi connectivity index (χ2n) is 5.16. The van der Waals surface area contributed by atoms with Crippen LogP contribution in [0.5, 0.6) is 5.75 Å². The van der Waals surface area contributed by atoms with Crippen LogP contribution in [0.15, 0.2) is 42.6 Å². The van der Waals surface area contributed by atoms with Gasteiger partial charge in [0.05, 0.1) is 0 Å². The number of aromatic nitrogens is 1. The first-order valence-corrected chi connectivity index (χ1v) is 6.84. The number of hydrogen-bond donors (Lipinski definition) is 1. The van der Waals surface area contributed by atoms with E-state index in [0.717, 1.165) is 12.0 Å². The van der Waals surface area contributed by atoms with Gasteiger partial charge in [0.2, 0.25) is 0 Å². The summed E-state index contributed by atoms with van der Waals surface area (Å²) < 4.78 is 12.9. The minimum atomic E-state index is -0.266. The molecule has 1 N–H and O–H groups in total. The first-order chi connectivity index (χ1) is 10.1. The van der Waals surface area contributed by atoms with E-state index in [1.165, 1.54) is 24.4 Å². The summed E-state index contributed by atoms with van der Waals surface area (Å²) in [6.07, 6.45) is 2.31. The van der Waals surface area contributed by atoms with E-state index in [-0.39, 0.29) is 29.1 Å². The van der Waals surface area contributed by atoms with Crippen LogP contribution < -0.4 is 0 Å². The average Bonchev–Trinajstić information content (AvgIpc) is 2.98. The topological polar surface area (TPSA) is 53.4 Å². The molecule has 1 aliphatic rings. The monoisotopic (exact) mass is 286 g/mol. The number of nitrogens with zero attached hydrogens (tertiary/aromatic N) is 2. The molecule has 1 atom stereocenters. The van der Waals surface area contributed by atoms with Crippen molar-refractivity contribution in [1.82, 2.24) is 9.88 Å². The maximum Gasteiger partial charge on any atom is 0.276 e. The molecule has 1 saturated heterocycles. The molecule has 1 amide bonds. The van der Waals surface area contributed by atoms with Crippen LogP contribution in [0.1, 0.15) is 28.4 Å². The van der Waals surface area contributed by atoms with Crippen LogP contribution in [0.3, 0.4) is 0 Å². The van der Waals surface area contributed by atoms with Crippen molar-refractivity contribution in [2.24, 2.45) is 0 Å². The highest BCUT2D eigenvalue weighted by Gasteiger charge is 2.29. The maximum absolute atomic E-state index is 12.9. The van der Waals surface area contributed by atoms with Crippen molar-refractivity contribution in [2.75, 3.05) is 13.1 Å². The zero-order chi connectivity index (χ0) is 14.8. The van der Waals surface area contributed by atoms with E-state index < -0.39 is 0 Å². The first kappa shape index (κ1) is 13.5. The molecule has 0 aliphatic carbocycles. The lowest BCUT2D eigenvalue weighted by molar-refractivity contribution is 0.0781. The van der Waals surface area contributed by atoms with Gasteiger partial charge in [0, 0.05) is 25.2 Å². The van der Waals surface area contributed by atoms with Gasteiger partial charge in [-0.05, 0) is 36.2 Å². The Kier molecular flexibility index (Phi) is 3.56. The van der Waals surface area contributed by atoms with Gasteiger partial charge in [-0.2, -0.15) is 0 Å². The van der Waals surface area contributed by atoms with Crippen molar-refractivity contribution in [2.45, 2.75) is 12.3 Å². The van der Waals surface area contributed by atoms with Gasteiger partial charge in [0.1, 0.15) is 11.6 Å². The Labute approximate surface area is 121 Å². The van der Waals surface area contributed by atoms with E-state index in [2.05, 4.69) is 4.98 Å². The number of likely N-dealkylation sites (tertiary alicyclic amines) is 1. The van der Waals surface area contributed by atoms with Gasteiger partial charge in [-0.3, -0.25) is 4.79 Å². The molecule has 0 spiro atoms. The number of carbonyl (C=O) groups excluding carboxylic acids is 1. The fourth-order valence-electron chi connectivity index (χ4n) is 2.66. The number of rotatable bonds is 2. The second kappa shape index (κ2) is 5.52. The number of amides is 1. The van der Waals surface area contributed by atoms with Crippen molar-refractivity contribution in [3.63, 3.8) is 0 Å². The van der Waals surface area contributed by atoms with E-state index in [1.807, 2.05) is 0 Å². The summed E-state index contributed by atoms with van der Waals surface area (Å²) in [7, 11) is 0. The van der Waals surface area contributed by atoms with E-state index in [4.69, 9.17) is 0 Å². The molecular weight excluding hydrogens is 271 g/mol. The van der Waals surface area contributed by atoms with Gasteiger partial charge in [0.25, 0.3) is 5.91 Å². The predicted molar refractivity (Wildman–Crippen MR) is 75.6 cm³/mol. The highest BCUT2D eigenvalue weighted by atomic mass is 19.1. The summed E-state index contributed by atoms with van der Waals surface area (Å²) >= 11 is 0. The van der Waals surface area contributed by atoms with Crippen molar-refractivity contribution < 1.29 is 14.3 Å². The van der Waals surface area contributed by atoms with Gasteiger partial charge >= 0.3 is 0 Å². The average molecular weight is 286 g/mol. The highest BCUT2D eigenvalue weighted by molar-refractivity contribution is 5.95. The fourth-order valence-corrected chi connectivity index (χ4v) is 2.66. The van der Waals surface area contributed by atoms with Crippen molar-refractivity contribution >= 4 is 5.91 Å². The highest BCUT2D eigenvalue weighted by Crippen LogP contribution is 2.29. The molecule has 0 radical (unpaired) electrons. The lowest BCUT2D eigenvalue weighted by Gasteiger charge is -2.16. The maximum atomic E-state index is 12.9. The molecule has 0 bridgehead atoms. The molecule has 4 nitrogen and oxygen atoms in total. The molecule has 1 aromatic carbocycles. The molecule has 21 heavy (non-hydrogen) atoms. The summed E-state index contributed by atoms with van der Waals surface area (Å²) in [5.41, 5.74) is 1.11. The predicted octanol–water partition coefficient (Wildman–Crippen LogP) is 2.56. The Morgan fingerprint density at radius 3 is 2.76 bits per heavy atom. The Bertz CT molecular complexity index is 658. The van der Waals surface area contributed by atoms with Crippen LogP contribution in [0, 0.1) is 5.82 Å². The molecule has 3 rings (SSSR count). The van der Waals surface area contributed by atoms with Crippen LogP contribution in [-0.2, 0) is 0 Å². The summed E-state index contributed by atoms with van der Waals surface area (Å²) in [6.45, 7) is 1.16. The van der Waals surface area contributed by atoms with Crippen LogP contribution in [0.4, 0.5) is 4.39 Å². The molecule has 108 valence electrons. The summed E-state index contributed by atoms with van der Waals surface area (Å²) in [4.78, 5) is 18.0. The minimum absolute atomic E-state index is 0.0808. The zero-order valence-corrected chi connectivity index (χ0v) is 11.4. The lowest BCUT2D eigenvalue weighted by Crippen LogP contribution is -2.29. The standard InChI is InChI=1S/C16H15FN2O2/c17-13-5-3-11(4-6-13)12-7-9-19(10-12)16(21)15-14(20)2-1-8-18-15/h1-6,8,12,20H,7,9-10H2.